The van der Waals surface area contributed by atoms with Crippen LogP contribution < -0.4 is 25.1 Å². The Morgan fingerprint density at radius 2 is 1.97 bits per heavy atom. The van der Waals surface area contributed by atoms with Crippen molar-refractivity contribution in [1.82, 2.24) is 10.9 Å². The second-order valence-corrected chi connectivity index (χ2v) is 6.99. The minimum absolute atomic E-state index is 0.120. The van der Waals surface area contributed by atoms with Gasteiger partial charge in [0.15, 0.2) is 6.61 Å². The van der Waals surface area contributed by atoms with Crippen LogP contribution in [0.4, 0.5) is 0 Å². The summed E-state index contributed by atoms with van der Waals surface area (Å²) in [6.45, 7) is 6.11. The van der Waals surface area contributed by atoms with Crippen molar-refractivity contribution in [2.75, 3.05) is 13.2 Å². The van der Waals surface area contributed by atoms with Crippen molar-refractivity contribution in [3.63, 3.8) is 0 Å². The summed E-state index contributed by atoms with van der Waals surface area (Å²) in [5.41, 5.74) is 7.41. The van der Waals surface area contributed by atoms with Gasteiger partial charge >= 0.3 is 0 Å². The first-order valence-corrected chi connectivity index (χ1v) is 9.88. The van der Waals surface area contributed by atoms with Gasteiger partial charge < -0.3 is 14.2 Å². The number of hydrogen-bond donors (Lipinski definition) is 2. The molecular weight excluding hydrogens is 384 g/mol. The normalized spacial score (nSPS) is 14.7. The molecule has 0 aromatic heterocycles. The molecule has 158 valence electrons. The third-order valence-electron chi connectivity index (χ3n) is 4.52. The molecule has 2 amide bonds. The average molecular weight is 410 g/mol. The molecule has 1 heterocycles. The van der Waals surface area contributed by atoms with E-state index in [1.807, 2.05) is 51.1 Å². The van der Waals surface area contributed by atoms with E-state index in [4.69, 9.17) is 14.2 Å². The van der Waals surface area contributed by atoms with Gasteiger partial charge in [0.05, 0.1) is 6.61 Å². The molecule has 0 saturated carbocycles. The number of ether oxygens (including phenoxy) is 3. The zero-order valence-electron chi connectivity index (χ0n) is 17.4. The fourth-order valence-electron chi connectivity index (χ4n) is 3.10. The number of fused-ring (bicyclic) bond motifs is 1. The first-order chi connectivity index (χ1) is 14.5. The van der Waals surface area contributed by atoms with Crippen molar-refractivity contribution in [2.24, 2.45) is 0 Å². The van der Waals surface area contributed by atoms with Gasteiger partial charge in [-0.05, 0) is 50.6 Å². The highest BCUT2D eigenvalue weighted by atomic mass is 16.5. The van der Waals surface area contributed by atoms with E-state index < -0.39 is 11.8 Å². The summed E-state index contributed by atoms with van der Waals surface area (Å²) in [6, 6.07) is 11.2. The summed E-state index contributed by atoms with van der Waals surface area (Å²) in [6.07, 6.45) is 3.90. The van der Waals surface area contributed by atoms with Gasteiger partial charge in [0.25, 0.3) is 11.8 Å². The molecule has 0 bridgehead atoms. The number of carbonyl (C=O) groups excluding carboxylic acids is 2. The van der Waals surface area contributed by atoms with Crippen LogP contribution in [0.3, 0.4) is 0 Å². The molecule has 0 radical (unpaired) electrons. The zero-order chi connectivity index (χ0) is 21.5. The maximum atomic E-state index is 12.1. The maximum Gasteiger partial charge on any atom is 0.276 e. The van der Waals surface area contributed by atoms with Crippen LogP contribution in [0.15, 0.2) is 42.5 Å². The van der Waals surface area contributed by atoms with Gasteiger partial charge in [-0.1, -0.05) is 18.2 Å². The summed E-state index contributed by atoms with van der Waals surface area (Å²) in [4.78, 5) is 24.0. The number of benzene rings is 2. The Balaban J connectivity index is 1.54. The quantitative estimate of drug-likeness (QED) is 0.541. The van der Waals surface area contributed by atoms with Gasteiger partial charge in [0, 0.05) is 23.6 Å². The molecule has 30 heavy (non-hydrogen) atoms. The minimum Gasteiger partial charge on any atom is -0.493 e. The number of aryl methyl sites for hydroxylation is 1. The van der Waals surface area contributed by atoms with Crippen molar-refractivity contribution in [3.05, 3.63) is 59.2 Å². The molecule has 0 spiro atoms. The van der Waals surface area contributed by atoms with E-state index in [-0.39, 0.29) is 12.7 Å². The maximum absolute atomic E-state index is 12.1. The van der Waals surface area contributed by atoms with Crippen LogP contribution >= 0.6 is 0 Å². The Morgan fingerprint density at radius 3 is 2.73 bits per heavy atom. The summed E-state index contributed by atoms with van der Waals surface area (Å²) in [5, 5.41) is 0. The lowest BCUT2D eigenvalue weighted by Gasteiger charge is -2.10. The van der Waals surface area contributed by atoms with E-state index in [0.29, 0.717) is 18.1 Å². The fraction of sp³-hybridized carbons (Fsp3) is 0.304. The van der Waals surface area contributed by atoms with Crippen LogP contribution in [-0.2, 0) is 16.0 Å². The highest BCUT2D eigenvalue weighted by molar-refractivity contribution is 5.93. The summed E-state index contributed by atoms with van der Waals surface area (Å²) in [5.74, 6) is 1.17. The van der Waals surface area contributed by atoms with Gasteiger partial charge in [0.1, 0.15) is 23.4 Å². The molecule has 1 aliphatic rings. The number of rotatable bonds is 7. The van der Waals surface area contributed by atoms with E-state index in [1.54, 1.807) is 12.1 Å². The van der Waals surface area contributed by atoms with Crippen molar-refractivity contribution in [1.29, 1.82) is 0 Å². The molecule has 0 saturated heterocycles. The second kappa shape index (κ2) is 9.82. The zero-order valence-corrected chi connectivity index (χ0v) is 17.4. The third-order valence-corrected chi connectivity index (χ3v) is 4.52. The van der Waals surface area contributed by atoms with Crippen LogP contribution in [0.2, 0.25) is 0 Å². The average Bonchev–Trinajstić information content (AvgIpc) is 3.09. The SMILES string of the molecule is CCOc1cc2c(cc1/C=C/C(=O)NNC(=O)COc1ccccc1C)O[C@@H](C)C2. The van der Waals surface area contributed by atoms with Gasteiger partial charge in [-0.2, -0.15) is 0 Å². The molecule has 1 aliphatic heterocycles. The molecule has 0 aliphatic carbocycles. The summed E-state index contributed by atoms with van der Waals surface area (Å²) >= 11 is 0. The summed E-state index contributed by atoms with van der Waals surface area (Å²) in [7, 11) is 0. The molecule has 7 nitrogen and oxygen atoms in total. The van der Waals surface area contributed by atoms with Gasteiger partial charge in [-0.15, -0.1) is 0 Å². The van der Waals surface area contributed by atoms with Gasteiger partial charge in [0.2, 0.25) is 0 Å². The molecule has 2 aromatic carbocycles. The van der Waals surface area contributed by atoms with Crippen LogP contribution in [0.1, 0.15) is 30.5 Å². The van der Waals surface area contributed by atoms with E-state index >= 15 is 0 Å². The Bertz CT molecular complexity index is 955. The Morgan fingerprint density at radius 1 is 1.17 bits per heavy atom. The standard InChI is InChI=1S/C23H26N2O5/c1-4-28-20-13-18-11-16(3)30-21(18)12-17(20)9-10-22(26)24-25-23(27)14-29-19-8-6-5-7-15(19)2/h5-10,12-13,16H,4,11,14H2,1-3H3,(H,24,26)(H,25,27)/b10-9+/t16-/m0/s1. The largest absolute Gasteiger partial charge is 0.493 e. The smallest absolute Gasteiger partial charge is 0.276 e. The van der Waals surface area contributed by atoms with Crippen molar-refractivity contribution in [2.45, 2.75) is 33.3 Å². The predicted octanol–water partition coefficient (Wildman–Crippen LogP) is 2.96. The number of hydrazine groups is 1. The number of nitrogens with one attached hydrogen (secondary N) is 2. The molecular formula is C23H26N2O5. The third kappa shape index (κ3) is 5.53. The Hall–Kier alpha value is -3.48. The van der Waals surface area contributed by atoms with Crippen LogP contribution in [0.5, 0.6) is 17.2 Å². The fourth-order valence-corrected chi connectivity index (χ4v) is 3.10. The monoisotopic (exact) mass is 410 g/mol. The van der Waals surface area contributed by atoms with Crippen LogP contribution in [-0.4, -0.2) is 31.1 Å². The molecule has 1 atom stereocenters. The van der Waals surface area contributed by atoms with Gasteiger partial charge in [-0.25, -0.2) is 0 Å². The molecule has 7 heteroatoms. The van der Waals surface area contributed by atoms with Gasteiger partial charge in [-0.3, -0.25) is 20.4 Å². The van der Waals surface area contributed by atoms with Crippen molar-refractivity contribution < 1.29 is 23.8 Å². The van der Waals surface area contributed by atoms with Crippen molar-refractivity contribution >= 4 is 17.9 Å². The highest BCUT2D eigenvalue weighted by Gasteiger charge is 2.21. The number of carbonyl (C=O) groups is 2. The highest BCUT2D eigenvalue weighted by Crippen LogP contribution is 2.35. The molecule has 0 unspecified atom stereocenters. The van der Waals surface area contributed by atoms with Crippen LogP contribution in [0.25, 0.3) is 6.08 Å². The lowest BCUT2D eigenvalue weighted by Crippen LogP contribution is -2.43. The van der Waals surface area contributed by atoms with Crippen LogP contribution in [0, 0.1) is 6.92 Å². The second-order valence-electron chi connectivity index (χ2n) is 6.99. The molecule has 2 N–H and O–H groups in total. The lowest BCUT2D eigenvalue weighted by molar-refractivity contribution is -0.128. The van der Waals surface area contributed by atoms with E-state index in [2.05, 4.69) is 10.9 Å². The predicted molar refractivity (Wildman–Crippen MR) is 113 cm³/mol. The summed E-state index contributed by atoms with van der Waals surface area (Å²) < 4.78 is 16.9. The minimum atomic E-state index is -0.475. The topological polar surface area (TPSA) is 85.9 Å². The molecule has 3 rings (SSSR count). The van der Waals surface area contributed by atoms with E-state index in [9.17, 15) is 9.59 Å². The number of hydrogen-bond acceptors (Lipinski definition) is 5. The number of amides is 2. The first kappa shape index (κ1) is 21.2. The van der Waals surface area contributed by atoms with Crippen molar-refractivity contribution in [3.8, 4) is 17.2 Å². The first-order valence-electron chi connectivity index (χ1n) is 9.88. The molecule has 0 fully saturated rings. The Kier molecular flexibility index (Phi) is 6.95. The lowest BCUT2D eigenvalue weighted by atomic mass is 10.1. The van der Waals surface area contributed by atoms with E-state index in [0.717, 1.165) is 28.9 Å². The van der Waals surface area contributed by atoms with E-state index in [1.165, 1.54) is 6.08 Å². The molecule has 2 aromatic rings. The number of para-hydroxylation sites is 1. The Labute approximate surface area is 176 Å².